The zero-order valence-corrected chi connectivity index (χ0v) is 19.2. The Hall–Kier alpha value is -0.110. The van der Waals surface area contributed by atoms with Crippen molar-refractivity contribution in [3.05, 3.63) is 64.8 Å². The van der Waals surface area contributed by atoms with Gasteiger partial charge in [-0.2, -0.15) is 0 Å². The van der Waals surface area contributed by atoms with Crippen molar-refractivity contribution in [1.82, 2.24) is 0 Å². The van der Waals surface area contributed by atoms with Crippen LogP contribution in [0.25, 0.3) is 0 Å². The fourth-order valence-electron chi connectivity index (χ4n) is 2.61. The van der Waals surface area contributed by atoms with E-state index in [4.69, 9.17) is 0 Å². The van der Waals surface area contributed by atoms with Gasteiger partial charge in [-0.05, 0) is 12.1 Å². The Balaban J connectivity index is 0.00000169. The first-order chi connectivity index (χ1) is 11.0. The molecule has 1 aliphatic rings. The maximum Gasteiger partial charge on any atom is 1.00 e. The molecule has 3 rings (SSSR count). The van der Waals surface area contributed by atoms with Crippen LogP contribution < -0.4 is 59.1 Å². The van der Waals surface area contributed by atoms with E-state index in [-0.39, 0.29) is 70.2 Å². The van der Waals surface area contributed by atoms with Crippen molar-refractivity contribution in [2.24, 2.45) is 0 Å². The summed E-state index contributed by atoms with van der Waals surface area (Å²) in [4.78, 5) is 10.9. The van der Waals surface area contributed by atoms with E-state index in [2.05, 4.69) is 0 Å². The number of fused-ring (bicyclic) bond motifs is 2. The fraction of sp³-hybridized carbons (Fsp3) is 0. The van der Waals surface area contributed by atoms with Gasteiger partial charge in [0.25, 0.3) is 0 Å². The minimum Gasteiger partial charge on any atom is -0.744 e. The standard InChI is InChI=1S/C14H9O8S2.2Na/c15-13-7-3-1-5-9(23(17,18)19)11(7)14(16)8-4-2-6-10(12(8)13)24(20,21)22;;/h1-6,15H,(H,17,18,19)(H,20,21,22);;/q;2*+1/p-2. The molecule has 0 atom stereocenters. The van der Waals surface area contributed by atoms with Gasteiger partial charge in [0.15, 0.2) is 11.9 Å². The molecule has 125 valence electrons. The first kappa shape index (κ1) is 23.9. The summed E-state index contributed by atoms with van der Waals surface area (Å²) >= 11 is 0. The Labute approximate surface area is 193 Å². The van der Waals surface area contributed by atoms with Crippen LogP contribution in [-0.2, 0) is 20.2 Å². The second-order valence-corrected chi connectivity index (χ2v) is 7.64. The first-order valence-electron chi connectivity index (χ1n) is 6.32. The number of aliphatic hydroxyl groups is 1. The van der Waals surface area contributed by atoms with Gasteiger partial charge in [-0.1, -0.05) is 24.3 Å². The molecule has 0 heterocycles. The number of benzene rings is 2. The molecule has 0 saturated heterocycles. The van der Waals surface area contributed by atoms with Crippen LogP contribution in [0, 0.1) is 6.10 Å². The second kappa shape index (κ2) is 8.10. The van der Waals surface area contributed by atoms with Crippen molar-refractivity contribution >= 4 is 26.0 Å². The maximum absolute atomic E-state index is 12.6. The van der Waals surface area contributed by atoms with Crippen LogP contribution >= 0.6 is 0 Å². The van der Waals surface area contributed by atoms with Gasteiger partial charge in [0.2, 0.25) is 0 Å². The molecule has 0 unspecified atom stereocenters. The van der Waals surface area contributed by atoms with Crippen LogP contribution in [-0.4, -0.2) is 36.8 Å². The Bertz CT molecular complexity index is 1090. The Kier molecular flexibility index (Phi) is 7.45. The molecular formula is C14H7Na2O8S2. The zero-order chi connectivity index (χ0) is 17.9. The summed E-state index contributed by atoms with van der Waals surface area (Å²) < 4.78 is 68.1. The number of carbonyl (C=O) groups excluding carboxylic acids is 1. The molecule has 1 radical (unpaired) electrons. The van der Waals surface area contributed by atoms with E-state index < -0.39 is 53.0 Å². The number of carbonyl (C=O) groups is 1. The number of aliphatic hydroxyl groups excluding tert-OH is 1. The molecule has 0 aromatic heterocycles. The Morgan fingerprint density at radius 2 is 1.15 bits per heavy atom. The molecule has 26 heavy (non-hydrogen) atoms. The molecule has 2 aromatic carbocycles. The molecule has 0 bridgehead atoms. The molecule has 0 amide bonds. The van der Waals surface area contributed by atoms with E-state index in [1.165, 1.54) is 0 Å². The predicted molar refractivity (Wildman–Crippen MR) is 75.6 cm³/mol. The smallest absolute Gasteiger partial charge is 0.744 e. The molecule has 1 N–H and O–H groups in total. The first-order valence-corrected chi connectivity index (χ1v) is 9.14. The van der Waals surface area contributed by atoms with Crippen LogP contribution in [0.4, 0.5) is 0 Å². The van der Waals surface area contributed by atoms with E-state index in [0.717, 1.165) is 36.4 Å². The second-order valence-electron chi connectivity index (χ2n) is 4.94. The largest absolute Gasteiger partial charge is 1.00 e. The Morgan fingerprint density at radius 3 is 1.62 bits per heavy atom. The monoisotopic (exact) mass is 413 g/mol. The van der Waals surface area contributed by atoms with Gasteiger partial charge in [-0.15, -0.1) is 0 Å². The van der Waals surface area contributed by atoms with Crippen LogP contribution in [0.5, 0.6) is 0 Å². The predicted octanol–water partition coefficient (Wildman–Crippen LogP) is -5.65. The molecule has 0 spiro atoms. The molecule has 8 nitrogen and oxygen atoms in total. The van der Waals surface area contributed by atoms with E-state index in [1.54, 1.807) is 0 Å². The topological polar surface area (TPSA) is 152 Å². The van der Waals surface area contributed by atoms with E-state index >= 15 is 0 Å². The summed E-state index contributed by atoms with van der Waals surface area (Å²) in [6.07, 6.45) is -0.764. The van der Waals surface area contributed by atoms with Gasteiger partial charge in [0.05, 0.1) is 9.79 Å². The molecule has 0 fully saturated rings. The summed E-state index contributed by atoms with van der Waals surface area (Å²) in [5, 5.41) is 10.3. The van der Waals surface area contributed by atoms with Crippen molar-refractivity contribution in [1.29, 1.82) is 0 Å². The summed E-state index contributed by atoms with van der Waals surface area (Å²) in [6.45, 7) is 0. The third kappa shape index (κ3) is 4.01. The number of hydrogen-bond acceptors (Lipinski definition) is 8. The third-order valence-electron chi connectivity index (χ3n) is 3.55. The average Bonchev–Trinajstić information content (AvgIpc) is 2.49. The van der Waals surface area contributed by atoms with Crippen LogP contribution in [0.15, 0.2) is 46.2 Å². The van der Waals surface area contributed by atoms with E-state index in [0.29, 0.717) is 0 Å². The van der Waals surface area contributed by atoms with Crippen molar-refractivity contribution < 1.29 is 95.0 Å². The molecule has 1 aliphatic carbocycles. The molecule has 2 aromatic rings. The average molecular weight is 413 g/mol. The minimum atomic E-state index is -5.02. The summed E-state index contributed by atoms with van der Waals surface area (Å²) in [5.41, 5.74) is -1.78. The molecule has 0 saturated carbocycles. The van der Waals surface area contributed by atoms with Gasteiger partial charge in [-0.3, -0.25) is 4.79 Å². The fourth-order valence-corrected chi connectivity index (χ4v) is 4.01. The summed E-state index contributed by atoms with van der Waals surface area (Å²) in [7, 11) is -10.0. The van der Waals surface area contributed by atoms with Gasteiger partial charge in [0, 0.05) is 22.3 Å². The van der Waals surface area contributed by atoms with Crippen LogP contribution in [0.2, 0.25) is 0 Å². The van der Waals surface area contributed by atoms with Crippen LogP contribution in [0.3, 0.4) is 0 Å². The van der Waals surface area contributed by atoms with Crippen molar-refractivity contribution in [2.75, 3.05) is 0 Å². The van der Waals surface area contributed by atoms with Gasteiger partial charge < -0.3 is 14.2 Å². The normalized spacial score (nSPS) is 13.9. The van der Waals surface area contributed by atoms with Gasteiger partial charge in [-0.25, -0.2) is 16.8 Å². The molecule has 12 heteroatoms. The number of ketones is 1. The summed E-state index contributed by atoms with van der Waals surface area (Å²) in [6, 6.07) is 6.32. The van der Waals surface area contributed by atoms with Crippen molar-refractivity contribution in [2.45, 2.75) is 9.79 Å². The van der Waals surface area contributed by atoms with E-state index in [1.807, 2.05) is 0 Å². The van der Waals surface area contributed by atoms with Crippen molar-refractivity contribution in [3.8, 4) is 0 Å². The number of rotatable bonds is 2. The number of hydrogen-bond donors (Lipinski definition) is 1. The Morgan fingerprint density at radius 1 is 0.731 bits per heavy atom. The van der Waals surface area contributed by atoms with Gasteiger partial charge >= 0.3 is 59.1 Å². The minimum absolute atomic E-state index is 0. The van der Waals surface area contributed by atoms with Crippen molar-refractivity contribution in [3.63, 3.8) is 0 Å². The zero-order valence-electron chi connectivity index (χ0n) is 13.6. The van der Waals surface area contributed by atoms with Crippen LogP contribution in [0.1, 0.15) is 27.0 Å². The van der Waals surface area contributed by atoms with Gasteiger partial charge in [0.1, 0.15) is 20.2 Å². The molecular weight excluding hydrogens is 406 g/mol. The SMILES string of the molecule is O=C1c2cccc(S(=O)(=O)[O-])c2[C](O)c2cccc(S(=O)(=O)[O-])c21.[Na+].[Na+]. The summed E-state index contributed by atoms with van der Waals surface area (Å²) in [5.74, 6) is -0.974. The quantitative estimate of drug-likeness (QED) is 0.378. The molecule has 0 aliphatic heterocycles. The van der Waals surface area contributed by atoms with E-state index in [9.17, 15) is 35.8 Å². The maximum atomic E-state index is 12.6. The third-order valence-corrected chi connectivity index (χ3v) is 5.31.